The standard InChI is InChI=1S/C16H22F2N2O2/c1-16(2,3)22-15(21)20-9-7-11(8-10-20)19-13-6-4-5-12(17)14(13)18/h4-6,11,19H,7-10H2,1-3H3. The fraction of sp³-hybridized carbons (Fsp3) is 0.562. The van der Waals surface area contributed by atoms with Crippen molar-refractivity contribution >= 4 is 11.8 Å². The van der Waals surface area contributed by atoms with Crippen LogP contribution in [0.15, 0.2) is 18.2 Å². The van der Waals surface area contributed by atoms with Crippen LogP contribution in [0.4, 0.5) is 19.3 Å². The van der Waals surface area contributed by atoms with Gasteiger partial charge in [0.1, 0.15) is 5.60 Å². The van der Waals surface area contributed by atoms with Crippen LogP contribution < -0.4 is 5.32 Å². The molecule has 0 saturated carbocycles. The molecule has 0 aliphatic carbocycles. The molecule has 1 aliphatic rings. The number of hydrogen-bond donors (Lipinski definition) is 1. The fourth-order valence-corrected chi connectivity index (χ4v) is 2.37. The molecule has 122 valence electrons. The molecule has 0 aromatic heterocycles. The Labute approximate surface area is 129 Å². The van der Waals surface area contributed by atoms with E-state index >= 15 is 0 Å². The molecule has 1 aromatic carbocycles. The van der Waals surface area contributed by atoms with Crippen LogP contribution in [0, 0.1) is 11.6 Å². The highest BCUT2D eigenvalue weighted by molar-refractivity contribution is 5.68. The van der Waals surface area contributed by atoms with Gasteiger partial charge >= 0.3 is 6.09 Å². The number of ether oxygens (including phenoxy) is 1. The predicted octanol–water partition coefficient (Wildman–Crippen LogP) is 3.78. The average Bonchev–Trinajstić information content (AvgIpc) is 2.43. The fourth-order valence-electron chi connectivity index (χ4n) is 2.37. The predicted molar refractivity (Wildman–Crippen MR) is 80.8 cm³/mol. The lowest BCUT2D eigenvalue weighted by atomic mass is 10.0. The summed E-state index contributed by atoms with van der Waals surface area (Å²) in [5.74, 6) is -1.73. The summed E-state index contributed by atoms with van der Waals surface area (Å²) < 4.78 is 32.1. The normalized spacial score (nSPS) is 16.5. The van der Waals surface area contributed by atoms with Gasteiger partial charge < -0.3 is 15.0 Å². The molecule has 1 N–H and O–H groups in total. The van der Waals surface area contributed by atoms with Crippen LogP contribution >= 0.6 is 0 Å². The van der Waals surface area contributed by atoms with Crippen molar-refractivity contribution in [3.8, 4) is 0 Å². The Bertz CT molecular complexity index is 535. The van der Waals surface area contributed by atoms with Crippen molar-refractivity contribution in [2.45, 2.75) is 45.3 Å². The monoisotopic (exact) mass is 312 g/mol. The van der Waals surface area contributed by atoms with Crippen molar-refractivity contribution in [2.24, 2.45) is 0 Å². The molecule has 1 heterocycles. The number of carbonyl (C=O) groups is 1. The van der Waals surface area contributed by atoms with Crippen LogP contribution in [0.2, 0.25) is 0 Å². The van der Waals surface area contributed by atoms with Crippen molar-refractivity contribution in [1.82, 2.24) is 4.90 Å². The molecule has 1 amide bonds. The summed E-state index contributed by atoms with van der Waals surface area (Å²) in [5.41, 5.74) is -0.354. The Morgan fingerprint density at radius 3 is 2.50 bits per heavy atom. The lowest BCUT2D eigenvalue weighted by Gasteiger charge is -2.34. The van der Waals surface area contributed by atoms with E-state index in [2.05, 4.69) is 5.32 Å². The zero-order chi connectivity index (χ0) is 16.3. The van der Waals surface area contributed by atoms with Gasteiger partial charge in [0.05, 0.1) is 5.69 Å². The number of hydrogen-bond acceptors (Lipinski definition) is 3. The van der Waals surface area contributed by atoms with Crippen LogP contribution in [-0.2, 0) is 4.74 Å². The van der Waals surface area contributed by atoms with Crippen molar-refractivity contribution < 1.29 is 18.3 Å². The zero-order valence-corrected chi connectivity index (χ0v) is 13.2. The minimum absolute atomic E-state index is 0.00925. The number of likely N-dealkylation sites (tertiary alicyclic amines) is 1. The highest BCUT2D eigenvalue weighted by Crippen LogP contribution is 2.22. The maximum absolute atomic E-state index is 13.6. The van der Waals surface area contributed by atoms with Gasteiger partial charge in [-0.05, 0) is 45.7 Å². The number of nitrogens with one attached hydrogen (secondary N) is 1. The second kappa shape index (κ2) is 6.50. The molecule has 6 heteroatoms. The number of anilines is 1. The largest absolute Gasteiger partial charge is 0.444 e. The molecular formula is C16H22F2N2O2. The third-order valence-electron chi connectivity index (χ3n) is 3.46. The maximum atomic E-state index is 13.6. The van der Waals surface area contributed by atoms with Crippen molar-refractivity contribution in [3.05, 3.63) is 29.8 Å². The van der Waals surface area contributed by atoms with Gasteiger partial charge in [-0.15, -0.1) is 0 Å². The van der Waals surface area contributed by atoms with Crippen LogP contribution in [0.25, 0.3) is 0 Å². The van der Waals surface area contributed by atoms with E-state index in [4.69, 9.17) is 4.74 Å². The summed E-state index contributed by atoms with van der Waals surface area (Å²) >= 11 is 0. The first-order valence-electron chi connectivity index (χ1n) is 7.45. The molecule has 1 aliphatic heterocycles. The van der Waals surface area contributed by atoms with Gasteiger partial charge in [0.2, 0.25) is 0 Å². The van der Waals surface area contributed by atoms with E-state index < -0.39 is 17.2 Å². The summed E-state index contributed by atoms with van der Waals surface area (Å²) in [6.07, 6.45) is 0.993. The van der Waals surface area contributed by atoms with Crippen molar-refractivity contribution in [3.63, 3.8) is 0 Å². The second-order valence-corrected chi connectivity index (χ2v) is 6.49. The number of piperidine rings is 1. The Hall–Kier alpha value is -1.85. The summed E-state index contributed by atoms with van der Waals surface area (Å²) in [6.45, 7) is 6.54. The van der Waals surface area contributed by atoms with Gasteiger partial charge in [0, 0.05) is 19.1 Å². The molecule has 0 atom stereocenters. The molecule has 1 aromatic rings. The number of nitrogens with zero attached hydrogens (tertiary/aromatic N) is 1. The number of rotatable bonds is 2. The Morgan fingerprint density at radius 1 is 1.27 bits per heavy atom. The molecule has 1 saturated heterocycles. The van der Waals surface area contributed by atoms with Crippen LogP contribution in [-0.4, -0.2) is 35.7 Å². The third kappa shape index (κ3) is 4.32. The lowest BCUT2D eigenvalue weighted by Crippen LogP contribution is -2.44. The molecule has 0 spiro atoms. The smallest absolute Gasteiger partial charge is 0.410 e. The quantitative estimate of drug-likeness (QED) is 0.903. The van der Waals surface area contributed by atoms with Gasteiger partial charge in [-0.3, -0.25) is 0 Å². The number of carbonyl (C=O) groups excluding carboxylic acids is 1. The number of amides is 1. The van der Waals surface area contributed by atoms with Gasteiger partial charge in [-0.1, -0.05) is 6.07 Å². The maximum Gasteiger partial charge on any atom is 0.410 e. The Morgan fingerprint density at radius 2 is 1.91 bits per heavy atom. The van der Waals surface area contributed by atoms with Gasteiger partial charge in [0.15, 0.2) is 11.6 Å². The molecule has 0 unspecified atom stereocenters. The van der Waals surface area contributed by atoms with Crippen LogP contribution in [0.1, 0.15) is 33.6 Å². The van der Waals surface area contributed by atoms with Crippen LogP contribution in [0.5, 0.6) is 0 Å². The van der Waals surface area contributed by atoms with E-state index in [0.29, 0.717) is 25.9 Å². The van der Waals surface area contributed by atoms with E-state index in [9.17, 15) is 13.6 Å². The van der Waals surface area contributed by atoms with Gasteiger partial charge in [-0.2, -0.15) is 0 Å². The molecule has 0 radical (unpaired) electrons. The molecule has 1 fully saturated rings. The second-order valence-electron chi connectivity index (χ2n) is 6.49. The lowest BCUT2D eigenvalue weighted by molar-refractivity contribution is 0.0210. The van der Waals surface area contributed by atoms with Gasteiger partial charge in [-0.25, -0.2) is 13.6 Å². The van der Waals surface area contributed by atoms with E-state index in [0.717, 1.165) is 6.07 Å². The SMILES string of the molecule is CC(C)(C)OC(=O)N1CCC(Nc2cccc(F)c2F)CC1. The van der Waals surface area contributed by atoms with Crippen LogP contribution in [0.3, 0.4) is 0 Å². The highest BCUT2D eigenvalue weighted by atomic mass is 19.2. The Balaban J connectivity index is 1.87. The van der Waals surface area contributed by atoms with E-state index in [1.165, 1.54) is 12.1 Å². The zero-order valence-electron chi connectivity index (χ0n) is 13.2. The summed E-state index contributed by atoms with van der Waals surface area (Å²) in [5, 5.41) is 3.00. The van der Waals surface area contributed by atoms with E-state index in [-0.39, 0.29) is 17.8 Å². The minimum atomic E-state index is -0.865. The molecule has 0 bridgehead atoms. The first-order chi connectivity index (χ1) is 10.3. The topological polar surface area (TPSA) is 41.6 Å². The molecule has 4 nitrogen and oxygen atoms in total. The highest BCUT2D eigenvalue weighted by Gasteiger charge is 2.27. The number of benzene rings is 1. The average molecular weight is 312 g/mol. The summed E-state index contributed by atoms with van der Waals surface area (Å²) in [7, 11) is 0. The first kappa shape index (κ1) is 16.5. The molecular weight excluding hydrogens is 290 g/mol. The Kier molecular flexibility index (Phi) is 4.88. The van der Waals surface area contributed by atoms with E-state index in [1.54, 1.807) is 4.90 Å². The van der Waals surface area contributed by atoms with Crippen molar-refractivity contribution in [1.29, 1.82) is 0 Å². The molecule has 2 rings (SSSR count). The van der Waals surface area contributed by atoms with Gasteiger partial charge in [0.25, 0.3) is 0 Å². The third-order valence-corrected chi connectivity index (χ3v) is 3.46. The number of halogens is 2. The summed E-state index contributed by atoms with van der Waals surface area (Å²) in [4.78, 5) is 13.6. The van der Waals surface area contributed by atoms with Crippen molar-refractivity contribution in [2.75, 3.05) is 18.4 Å². The first-order valence-corrected chi connectivity index (χ1v) is 7.45. The molecule has 22 heavy (non-hydrogen) atoms. The minimum Gasteiger partial charge on any atom is -0.444 e. The van der Waals surface area contributed by atoms with E-state index in [1.807, 2.05) is 20.8 Å². The summed E-state index contributed by atoms with van der Waals surface area (Å²) in [6, 6.07) is 4.08.